The van der Waals surface area contributed by atoms with Gasteiger partial charge in [0.25, 0.3) is 0 Å². The fraction of sp³-hybridized carbons (Fsp3) is 0.462. The molecule has 2 aromatic rings. The molecular formula is C26H37N3O5S. The number of methoxy groups -OCH3 is 1. The van der Waals surface area contributed by atoms with E-state index < -0.39 is 16.1 Å². The summed E-state index contributed by atoms with van der Waals surface area (Å²) in [4.78, 5) is 27.5. The number of amides is 2. The van der Waals surface area contributed by atoms with Gasteiger partial charge in [-0.2, -0.15) is 0 Å². The summed E-state index contributed by atoms with van der Waals surface area (Å²) < 4.78 is 31.4. The van der Waals surface area contributed by atoms with Crippen molar-refractivity contribution in [3.05, 3.63) is 59.7 Å². The molecule has 2 amide bonds. The van der Waals surface area contributed by atoms with Gasteiger partial charge >= 0.3 is 0 Å². The lowest BCUT2D eigenvalue weighted by molar-refractivity contribution is -0.140. The third kappa shape index (κ3) is 8.58. The van der Waals surface area contributed by atoms with Crippen LogP contribution in [0.2, 0.25) is 0 Å². The van der Waals surface area contributed by atoms with Crippen LogP contribution >= 0.6 is 0 Å². The van der Waals surface area contributed by atoms with Crippen molar-refractivity contribution in [2.24, 2.45) is 0 Å². The Hall–Kier alpha value is -3.07. The lowest BCUT2D eigenvalue weighted by atomic mass is 10.1. The Bertz CT molecular complexity index is 1100. The fourth-order valence-electron chi connectivity index (χ4n) is 3.67. The number of benzene rings is 2. The average molecular weight is 504 g/mol. The number of anilines is 1. The number of carbonyl (C=O) groups excluding carboxylic acids is 2. The minimum atomic E-state index is -3.52. The van der Waals surface area contributed by atoms with Gasteiger partial charge in [0, 0.05) is 25.6 Å². The highest BCUT2D eigenvalue weighted by atomic mass is 32.2. The van der Waals surface area contributed by atoms with E-state index in [1.807, 2.05) is 57.2 Å². The first kappa shape index (κ1) is 28.2. The highest BCUT2D eigenvalue weighted by Gasteiger charge is 2.27. The molecule has 2 rings (SSSR count). The van der Waals surface area contributed by atoms with Crippen LogP contribution in [0, 0.1) is 6.92 Å². The van der Waals surface area contributed by atoms with E-state index in [0.717, 1.165) is 17.4 Å². The topological polar surface area (TPSA) is 96.0 Å². The Balaban J connectivity index is 2.18. The molecule has 0 aliphatic carbocycles. The molecule has 1 atom stereocenters. The molecule has 0 saturated carbocycles. The lowest BCUT2D eigenvalue weighted by Crippen LogP contribution is -2.49. The Morgan fingerprint density at radius 2 is 1.71 bits per heavy atom. The average Bonchev–Trinajstić information content (AvgIpc) is 2.79. The number of nitrogens with zero attached hydrogens (tertiary/aromatic N) is 2. The van der Waals surface area contributed by atoms with E-state index in [1.54, 1.807) is 26.2 Å². The van der Waals surface area contributed by atoms with Crippen LogP contribution in [0.1, 0.15) is 44.7 Å². The predicted octanol–water partition coefficient (Wildman–Crippen LogP) is 3.49. The van der Waals surface area contributed by atoms with Gasteiger partial charge < -0.3 is 15.0 Å². The standard InChI is InChI=1S/C26H37N3O5S/c1-19(2)27-26(31)21(4)28(18-22-9-7-10-24(17-22)34-5)25(30)11-8-16-29(35(6,32)33)23-14-12-20(3)13-15-23/h7,9-10,12-15,17,19,21H,8,11,16,18H2,1-6H3,(H,27,31). The van der Waals surface area contributed by atoms with Gasteiger partial charge in [-0.25, -0.2) is 8.42 Å². The van der Waals surface area contributed by atoms with Crippen LogP contribution in [0.4, 0.5) is 5.69 Å². The molecule has 1 unspecified atom stereocenters. The Kier molecular flexibility index (Phi) is 10.1. The second kappa shape index (κ2) is 12.6. The van der Waals surface area contributed by atoms with E-state index in [2.05, 4.69) is 5.32 Å². The van der Waals surface area contributed by atoms with Crippen molar-refractivity contribution in [3.8, 4) is 5.75 Å². The van der Waals surface area contributed by atoms with Crippen molar-refractivity contribution in [3.63, 3.8) is 0 Å². The zero-order valence-electron chi connectivity index (χ0n) is 21.4. The minimum Gasteiger partial charge on any atom is -0.497 e. The van der Waals surface area contributed by atoms with Gasteiger partial charge in [-0.3, -0.25) is 13.9 Å². The van der Waals surface area contributed by atoms with E-state index in [-0.39, 0.29) is 37.4 Å². The number of carbonyl (C=O) groups is 2. The van der Waals surface area contributed by atoms with Crippen molar-refractivity contribution < 1.29 is 22.7 Å². The van der Waals surface area contributed by atoms with E-state index in [4.69, 9.17) is 4.74 Å². The van der Waals surface area contributed by atoms with E-state index in [9.17, 15) is 18.0 Å². The fourth-order valence-corrected chi connectivity index (χ4v) is 4.64. The third-order valence-electron chi connectivity index (χ3n) is 5.56. The second-order valence-corrected chi connectivity index (χ2v) is 10.9. The molecule has 192 valence electrons. The number of rotatable bonds is 12. The van der Waals surface area contributed by atoms with Crippen LogP contribution in [0.25, 0.3) is 0 Å². The summed E-state index contributed by atoms with van der Waals surface area (Å²) >= 11 is 0. The minimum absolute atomic E-state index is 0.0588. The van der Waals surface area contributed by atoms with E-state index in [0.29, 0.717) is 17.9 Å². The van der Waals surface area contributed by atoms with Crippen LogP contribution in [0.15, 0.2) is 48.5 Å². The second-order valence-electron chi connectivity index (χ2n) is 8.99. The first-order valence-electron chi connectivity index (χ1n) is 11.7. The molecule has 35 heavy (non-hydrogen) atoms. The van der Waals surface area contributed by atoms with Crippen LogP contribution in [0.5, 0.6) is 5.75 Å². The zero-order valence-corrected chi connectivity index (χ0v) is 22.3. The van der Waals surface area contributed by atoms with Crippen molar-refractivity contribution >= 4 is 27.5 Å². The molecule has 1 N–H and O–H groups in total. The maximum Gasteiger partial charge on any atom is 0.242 e. The Morgan fingerprint density at radius 1 is 1.06 bits per heavy atom. The Labute approximate surface area is 209 Å². The van der Waals surface area contributed by atoms with E-state index >= 15 is 0 Å². The van der Waals surface area contributed by atoms with E-state index in [1.165, 1.54) is 9.21 Å². The van der Waals surface area contributed by atoms with Crippen LogP contribution in [0.3, 0.4) is 0 Å². The summed E-state index contributed by atoms with van der Waals surface area (Å²) in [7, 11) is -1.95. The quantitative estimate of drug-likeness (QED) is 0.478. The first-order valence-corrected chi connectivity index (χ1v) is 13.5. The van der Waals surface area contributed by atoms with Gasteiger partial charge in [0.05, 0.1) is 19.1 Å². The summed E-state index contributed by atoms with van der Waals surface area (Å²) in [5.41, 5.74) is 2.42. The highest BCUT2D eigenvalue weighted by molar-refractivity contribution is 7.92. The molecule has 0 heterocycles. The molecule has 0 spiro atoms. The molecule has 2 aromatic carbocycles. The van der Waals surface area contributed by atoms with Gasteiger partial charge in [-0.05, 0) is 63.9 Å². The summed E-state index contributed by atoms with van der Waals surface area (Å²) in [5.74, 6) is 0.196. The molecule has 0 radical (unpaired) electrons. The molecule has 0 fully saturated rings. The molecule has 0 aliphatic rings. The first-order chi connectivity index (χ1) is 16.4. The van der Waals surface area contributed by atoms with Crippen LogP contribution in [-0.4, -0.2) is 57.1 Å². The largest absolute Gasteiger partial charge is 0.497 e. The number of nitrogens with one attached hydrogen (secondary N) is 1. The summed E-state index contributed by atoms with van der Waals surface area (Å²) in [6.45, 7) is 7.75. The zero-order chi connectivity index (χ0) is 26.2. The normalized spacial score (nSPS) is 12.2. The number of sulfonamides is 1. The molecule has 8 nitrogen and oxygen atoms in total. The Morgan fingerprint density at radius 3 is 2.29 bits per heavy atom. The number of ether oxygens (including phenoxy) is 1. The monoisotopic (exact) mass is 503 g/mol. The molecule has 0 aliphatic heterocycles. The van der Waals surface area contributed by atoms with Gasteiger partial charge in [0.1, 0.15) is 11.8 Å². The van der Waals surface area contributed by atoms with Crippen molar-refractivity contribution in [1.29, 1.82) is 0 Å². The predicted molar refractivity (Wildman–Crippen MR) is 139 cm³/mol. The highest BCUT2D eigenvalue weighted by Crippen LogP contribution is 2.20. The summed E-state index contributed by atoms with van der Waals surface area (Å²) in [6.07, 6.45) is 1.57. The molecule has 9 heteroatoms. The summed E-state index contributed by atoms with van der Waals surface area (Å²) in [5, 5.41) is 2.86. The third-order valence-corrected chi connectivity index (χ3v) is 6.75. The van der Waals surface area contributed by atoms with Crippen molar-refractivity contribution in [2.75, 3.05) is 24.2 Å². The molecule has 0 aromatic heterocycles. The lowest BCUT2D eigenvalue weighted by Gasteiger charge is -2.30. The van der Waals surface area contributed by atoms with Crippen LogP contribution < -0.4 is 14.4 Å². The van der Waals surface area contributed by atoms with Crippen molar-refractivity contribution in [1.82, 2.24) is 10.2 Å². The SMILES string of the molecule is COc1cccc(CN(C(=O)CCCN(c2ccc(C)cc2)S(C)(=O)=O)C(C)C(=O)NC(C)C)c1. The van der Waals surface area contributed by atoms with Crippen molar-refractivity contribution in [2.45, 2.75) is 59.2 Å². The van der Waals surface area contributed by atoms with Crippen LogP contribution in [-0.2, 0) is 26.2 Å². The smallest absolute Gasteiger partial charge is 0.242 e. The number of hydrogen-bond donors (Lipinski definition) is 1. The molecular weight excluding hydrogens is 466 g/mol. The maximum atomic E-state index is 13.3. The maximum absolute atomic E-state index is 13.3. The number of aryl methyl sites for hydroxylation is 1. The van der Waals surface area contributed by atoms with Gasteiger partial charge in [0.15, 0.2) is 0 Å². The van der Waals surface area contributed by atoms with Gasteiger partial charge in [-0.15, -0.1) is 0 Å². The molecule has 0 bridgehead atoms. The number of hydrogen-bond acceptors (Lipinski definition) is 5. The molecule has 0 saturated heterocycles. The van der Waals surface area contributed by atoms with Gasteiger partial charge in [0.2, 0.25) is 21.8 Å². The summed E-state index contributed by atoms with van der Waals surface area (Å²) in [6, 6.07) is 13.8. The van der Waals surface area contributed by atoms with Gasteiger partial charge in [-0.1, -0.05) is 29.8 Å².